The Bertz CT molecular complexity index is 518. The van der Waals surface area contributed by atoms with Crippen LogP contribution in [-0.2, 0) is 4.79 Å². The van der Waals surface area contributed by atoms with Crippen molar-refractivity contribution >= 4 is 29.2 Å². The largest absolute Gasteiger partial charge is 0.478 e. The molecule has 2 atom stereocenters. The molecule has 0 heterocycles. The Kier molecular flexibility index (Phi) is 6.65. The van der Waals surface area contributed by atoms with Crippen LogP contribution in [0, 0.1) is 5.92 Å². The summed E-state index contributed by atoms with van der Waals surface area (Å²) in [6.45, 7) is 3.76. The molecule has 0 fully saturated rings. The fraction of sp³-hybridized carbons (Fsp3) is 0.467. The molecule has 0 saturated carbocycles. The van der Waals surface area contributed by atoms with Gasteiger partial charge in [0.15, 0.2) is 0 Å². The van der Waals surface area contributed by atoms with Crippen molar-refractivity contribution in [2.45, 2.75) is 39.2 Å². The van der Waals surface area contributed by atoms with Crippen molar-refractivity contribution in [2.75, 3.05) is 5.32 Å². The molecule has 0 radical (unpaired) electrons. The summed E-state index contributed by atoms with van der Waals surface area (Å²) < 4.78 is 0. The number of carboxylic acids is 1. The Morgan fingerprint density at radius 1 is 1.33 bits per heavy atom. The number of rotatable bonds is 7. The lowest BCUT2D eigenvalue weighted by Crippen LogP contribution is -2.22. The summed E-state index contributed by atoms with van der Waals surface area (Å²) in [5.41, 5.74) is 6.07. The van der Waals surface area contributed by atoms with Gasteiger partial charge < -0.3 is 16.2 Å². The third-order valence-corrected chi connectivity index (χ3v) is 3.54. The van der Waals surface area contributed by atoms with Crippen LogP contribution >= 0.6 is 11.6 Å². The van der Waals surface area contributed by atoms with Crippen LogP contribution < -0.4 is 11.1 Å². The normalized spacial score (nSPS) is 13.5. The van der Waals surface area contributed by atoms with Crippen LogP contribution in [0.15, 0.2) is 18.2 Å². The van der Waals surface area contributed by atoms with E-state index in [-0.39, 0.29) is 23.4 Å². The number of nitrogens with two attached hydrogens (primary N) is 1. The third kappa shape index (κ3) is 5.73. The Morgan fingerprint density at radius 2 is 2.00 bits per heavy atom. The molecule has 0 saturated heterocycles. The van der Waals surface area contributed by atoms with E-state index in [0.29, 0.717) is 10.7 Å². The average Bonchev–Trinajstić information content (AvgIpc) is 2.40. The molecule has 6 heteroatoms. The van der Waals surface area contributed by atoms with Crippen molar-refractivity contribution in [3.05, 3.63) is 28.8 Å². The van der Waals surface area contributed by atoms with Crippen molar-refractivity contribution in [1.82, 2.24) is 0 Å². The number of carbonyl (C=O) groups excluding carboxylic acids is 1. The lowest BCUT2D eigenvalue weighted by atomic mass is 10.0. The van der Waals surface area contributed by atoms with Crippen molar-refractivity contribution in [3.8, 4) is 0 Å². The number of hydrogen-bond acceptors (Lipinski definition) is 3. The molecule has 0 aliphatic carbocycles. The number of amides is 1. The Balaban J connectivity index is 2.65. The van der Waals surface area contributed by atoms with Crippen LogP contribution in [0.25, 0.3) is 0 Å². The Labute approximate surface area is 129 Å². The van der Waals surface area contributed by atoms with Crippen LogP contribution in [0.1, 0.15) is 43.5 Å². The summed E-state index contributed by atoms with van der Waals surface area (Å²) in [5, 5.41) is 11.9. The molecule has 0 spiro atoms. The van der Waals surface area contributed by atoms with Gasteiger partial charge in [0.2, 0.25) is 5.91 Å². The lowest BCUT2D eigenvalue weighted by Gasteiger charge is -2.14. The second kappa shape index (κ2) is 8.00. The number of carbonyl (C=O) groups is 2. The van der Waals surface area contributed by atoms with Gasteiger partial charge in [-0.3, -0.25) is 4.79 Å². The van der Waals surface area contributed by atoms with Crippen molar-refractivity contribution in [1.29, 1.82) is 0 Å². The molecule has 116 valence electrons. The minimum atomic E-state index is -1.06. The van der Waals surface area contributed by atoms with E-state index in [1.165, 1.54) is 18.2 Å². The summed E-state index contributed by atoms with van der Waals surface area (Å²) in [6.07, 6.45) is 2.46. The number of benzene rings is 1. The SMILES string of the molecule is CC(N)CCCC(C)C(=O)Nc1cc(C(=O)O)ccc1Cl. The van der Waals surface area contributed by atoms with E-state index < -0.39 is 5.97 Å². The zero-order valence-electron chi connectivity index (χ0n) is 12.2. The predicted octanol–water partition coefficient (Wildman–Crippen LogP) is 3.13. The summed E-state index contributed by atoms with van der Waals surface area (Å²) in [7, 11) is 0. The standard InChI is InChI=1S/C15H21ClN2O3/c1-9(4-3-5-10(2)17)14(19)18-13-8-11(15(20)21)6-7-12(13)16/h6-10H,3-5,17H2,1-2H3,(H,18,19)(H,20,21). The number of anilines is 1. The molecule has 0 bridgehead atoms. The molecule has 0 aromatic heterocycles. The van der Waals surface area contributed by atoms with Gasteiger partial charge in [-0.1, -0.05) is 24.9 Å². The third-order valence-electron chi connectivity index (χ3n) is 3.22. The number of hydrogen-bond donors (Lipinski definition) is 3. The highest BCUT2D eigenvalue weighted by Crippen LogP contribution is 2.24. The minimum Gasteiger partial charge on any atom is -0.478 e. The van der Waals surface area contributed by atoms with Gasteiger partial charge in [0, 0.05) is 12.0 Å². The monoisotopic (exact) mass is 312 g/mol. The fourth-order valence-electron chi connectivity index (χ4n) is 1.89. The highest BCUT2D eigenvalue weighted by molar-refractivity contribution is 6.33. The topological polar surface area (TPSA) is 92.4 Å². The second-order valence-corrected chi connectivity index (χ2v) is 5.71. The van der Waals surface area contributed by atoms with E-state index >= 15 is 0 Å². The fourth-order valence-corrected chi connectivity index (χ4v) is 2.05. The van der Waals surface area contributed by atoms with E-state index in [1.807, 2.05) is 13.8 Å². The number of halogens is 1. The van der Waals surface area contributed by atoms with Gasteiger partial charge in [-0.25, -0.2) is 4.79 Å². The first-order chi connectivity index (χ1) is 9.81. The molecule has 1 amide bonds. The maximum Gasteiger partial charge on any atom is 0.335 e. The second-order valence-electron chi connectivity index (χ2n) is 5.30. The van der Waals surface area contributed by atoms with Crippen LogP contribution in [0.5, 0.6) is 0 Å². The quantitative estimate of drug-likeness (QED) is 0.721. The lowest BCUT2D eigenvalue weighted by molar-refractivity contribution is -0.119. The van der Waals surface area contributed by atoms with Crippen LogP contribution in [0.4, 0.5) is 5.69 Å². The maximum absolute atomic E-state index is 12.1. The average molecular weight is 313 g/mol. The van der Waals surface area contributed by atoms with Gasteiger partial charge in [-0.05, 0) is 38.0 Å². The van der Waals surface area contributed by atoms with Crippen molar-refractivity contribution < 1.29 is 14.7 Å². The van der Waals surface area contributed by atoms with Gasteiger partial charge in [0.05, 0.1) is 16.3 Å². The molecule has 1 aromatic carbocycles. The summed E-state index contributed by atoms with van der Waals surface area (Å²) >= 11 is 5.97. The summed E-state index contributed by atoms with van der Waals surface area (Å²) in [5.74, 6) is -1.43. The van der Waals surface area contributed by atoms with E-state index in [0.717, 1.165) is 19.3 Å². The van der Waals surface area contributed by atoms with E-state index in [9.17, 15) is 9.59 Å². The predicted molar refractivity (Wildman–Crippen MR) is 83.7 cm³/mol. The molecule has 0 aliphatic rings. The van der Waals surface area contributed by atoms with Crippen molar-refractivity contribution in [3.63, 3.8) is 0 Å². The maximum atomic E-state index is 12.1. The molecular weight excluding hydrogens is 292 g/mol. The Hall–Kier alpha value is -1.59. The van der Waals surface area contributed by atoms with E-state index in [4.69, 9.17) is 22.4 Å². The zero-order valence-corrected chi connectivity index (χ0v) is 13.0. The molecule has 2 unspecified atom stereocenters. The number of carboxylic acid groups (broad SMARTS) is 1. The smallest absolute Gasteiger partial charge is 0.335 e. The van der Waals surface area contributed by atoms with Crippen LogP contribution in [0.2, 0.25) is 5.02 Å². The van der Waals surface area contributed by atoms with Crippen LogP contribution in [-0.4, -0.2) is 23.0 Å². The van der Waals surface area contributed by atoms with Crippen molar-refractivity contribution in [2.24, 2.45) is 11.7 Å². The first kappa shape index (κ1) is 17.5. The molecule has 1 aromatic rings. The van der Waals surface area contributed by atoms with Gasteiger partial charge in [0.25, 0.3) is 0 Å². The Morgan fingerprint density at radius 3 is 2.57 bits per heavy atom. The van der Waals surface area contributed by atoms with Gasteiger partial charge in [-0.2, -0.15) is 0 Å². The molecule has 4 N–H and O–H groups in total. The highest BCUT2D eigenvalue weighted by atomic mass is 35.5. The minimum absolute atomic E-state index is 0.0827. The first-order valence-electron chi connectivity index (χ1n) is 6.90. The summed E-state index contributed by atoms with van der Waals surface area (Å²) in [4.78, 5) is 23.0. The summed E-state index contributed by atoms with van der Waals surface area (Å²) in [6, 6.07) is 4.34. The number of nitrogens with one attached hydrogen (secondary N) is 1. The van der Waals surface area contributed by atoms with E-state index in [1.54, 1.807) is 0 Å². The van der Waals surface area contributed by atoms with Gasteiger partial charge >= 0.3 is 5.97 Å². The van der Waals surface area contributed by atoms with Gasteiger partial charge in [0.1, 0.15) is 0 Å². The molecule has 21 heavy (non-hydrogen) atoms. The zero-order chi connectivity index (χ0) is 16.0. The van der Waals surface area contributed by atoms with Crippen LogP contribution in [0.3, 0.4) is 0 Å². The van der Waals surface area contributed by atoms with E-state index in [2.05, 4.69) is 5.32 Å². The number of aromatic carboxylic acids is 1. The molecule has 1 rings (SSSR count). The molecular formula is C15H21ClN2O3. The first-order valence-corrected chi connectivity index (χ1v) is 7.28. The molecule has 5 nitrogen and oxygen atoms in total. The molecule has 0 aliphatic heterocycles. The highest BCUT2D eigenvalue weighted by Gasteiger charge is 2.15. The van der Waals surface area contributed by atoms with Gasteiger partial charge in [-0.15, -0.1) is 0 Å².